The van der Waals surface area contributed by atoms with Gasteiger partial charge in [-0.2, -0.15) is 0 Å². The summed E-state index contributed by atoms with van der Waals surface area (Å²) in [5, 5.41) is 13.0. The Bertz CT molecular complexity index is 711. The molecule has 2 aromatic rings. The third-order valence-corrected chi connectivity index (χ3v) is 4.25. The van der Waals surface area contributed by atoms with Crippen molar-refractivity contribution < 1.29 is 13.9 Å². The van der Waals surface area contributed by atoms with Crippen LogP contribution in [0.5, 0.6) is 0 Å². The highest BCUT2D eigenvalue weighted by atomic mass is 19.3. The molecule has 4 nitrogen and oxygen atoms in total. The summed E-state index contributed by atoms with van der Waals surface area (Å²) in [5.41, 5.74) is 1.43. The summed E-state index contributed by atoms with van der Waals surface area (Å²) in [7, 11) is 0. The van der Waals surface area contributed by atoms with Gasteiger partial charge < -0.3 is 10.4 Å². The van der Waals surface area contributed by atoms with Crippen molar-refractivity contribution in [1.29, 1.82) is 0 Å². The van der Waals surface area contributed by atoms with Crippen molar-refractivity contribution >= 4 is 0 Å². The quantitative estimate of drug-likeness (QED) is 0.764. The van der Waals surface area contributed by atoms with Gasteiger partial charge in [0.15, 0.2) is 0 Å². The van der Waals surface area contributed by atoms with Crippen LogP contribution < -0.4 is 5.32 Å². The van der Waals surface area contributed by atoms with E-state index in [4.69, 9.17) is 0 Å². The molecule has 1 heterocycles. The largest absolute Gasteiger partial charge is 0.390 e. The number of benzene rings is 1. The van der Waals surface area contributed by atoms with Crippen LogP contribution in [0.4, 0.5) is 8.78 Å². The molecule has 1 aliphatic carbocycles. The van der Waals surface area contributed by atoms with Crippen molar-refractivity contribution in [3.8, 4) is 11.3 Å². The van der Waals surface area contributed by atoms with Crippen LogP contribution in [0.2, 0.25) is 0 Å². The van der Waals surface area contributed by atoms with E-state index in [2.05, 4.69) is 15.3 Å². The normalized spacial score (nSPS) is 16.2. The second-order valence-electron chi connectivity index (χ2n) is 6.52. The maximum atomic E-state index is 13.5. The van der Waals surface area contributed by atoms with E-state index in [0.29, 0.717) is 24.3 Å². The van der Waals surface area contributed by atoms with Crippen LogP contribution in [0.15, 0.2) is 36.7 Å². The van der Waals surface area contributed by atoms with Crippen molar-refractivity contribution in [3.05, 3.63) is 47.9 Å². The Morgan fingerprint density at radius 3 is 2.79 bits per heavy atom. The van der Waals surface area contributed by atoms with Crippen LogP contribution >= 0.6 is 0 Å². The first-order valence-corrected chi connectivity index (χ1v) is 8.09. The van der Waals surface area contributed by atoms with Gasteiger partial charge in [-0.05, 0) is 31.9 Å². The van der Waals surface area contributed by atoms with Gasteiger partial charge >= 0.3 is 0 Å². The second-order valence-corrected chi connectivity index (χ2v) is 6.52. The molecule has 1 aromatic carbocycles. The zero-order valence-electron chi connectivity index (χ0n) is 13.6. The SMILES string of the molecule is CC(F)(F)c1cccc(-c2cncc(CNCCC3(O)CC3)n2)c1. The fourth-order valence-electron chi connectivity index (χ4n) is 2.51. The number of hydrogen-bond donors (Lipinski definition) is 2. The number of halogens is 2. The molecule has 0 unspecified atom stereocenters. The van der Waals surface area contributed by atoms with Gasteiger partial charge in [0, 0.05) is 30.8 Å². The highest BCUT2D eigenvalue weighted by Crippen LogP contribution is 2.37. The van der Waals surface area contributed by atoms with Gasteiger partial charge in [0.05, 0.1) is 23.2 Å². The minimum absolute atomic E-state index is 0.0389. The van der Waals surface area contributed by atoms with Gasteiger partial charge in [-0.3, -0.25) is 4.98 Å². The molecular weight excluding hydrogens is 312 g/mol. The number of nitrogens with zero attached hydrogens (tertiary/aromatic N) is 2. The second kappa shape index (κ2) is 6.53. The van der Waals surface area contributed by atoms with Crippen LogP contribution in [-0.4, -0.2) is 27.2 Å². The first-order valence-electron chi connectivity index (χ1n) is 8.09. The molecule has 0 bridgehead atoms. The summed E-state index contributed by atoms with van der Waals surface area (Å²) < 4.78 is 26.9. The molecule has 0 radical (unpaired) electrons. The van der Waals surface area contributed by atoms with E-state index in [-0.39, 0.29) is 5.56 Å². The lowest BCUT2D eigenvalue weighted by Gasteiger charge is -2.12. The number of nitrogens with one attached hydrogen (secondary N) is 1. The first-order chi connectivity index (χ1) is 11.4. The monoisotopic (exact) mass is 333 g/mol. The molecule has 1 fully saturated rings. The number of aliphatic hydroxyl groups is 1. The smallest absolute Gasteiger partial charge is 0.270 e. The summed E-state index contributed by atoms with van der Waals surface area (Å²) in [4.78, 5) is 8.64. The molecule has 0 aliphatic heterocycles. The number of rotatable bonds is 7. The van der Waals surface area contributed by atoms with Gasteiger partial charge in [-0.25, -0.2) is 13.8 Å². The number of alkyl halides is 2. The zero-order chi connectivity index (χ0) is 17.2. The predicted octanol–water partition coefficient (Wildman–Crippen LogP) is 3.26. The Morgan fingerprint density at radius 2 is 2.08 bits per heavy atom. The molecule has 0 amide bonds. The van der Waals surface area contributed by atoms with Crippen molar-refractivity contribution in [2.75, 3.05) is 6.54 Å². The minimum Gasteiger partial charge on any atom is -0.390 e. The Hall–Kier alpha value is -1.92. The molecule has 0 saturated heterocycles. The Labute approximate surface area is 140 Å². The fraction of sp³-hybridized carbons (Fsp3) is 0.444. The van der Waals surface area contributed by atoms with Crippen LogP contribution in [-0.2, 0) is 12.5 Å². The van der Waals surface area contributed by atoms with Gasteiger partial charge in [0.1, 0.15) is 0 Å². The molecule has 1 saturated carbocycles. The predicted molar refractivity (Wildman–Crippen MR) is 87.5 cm³/mol. The van der Waals surface area contributed by atoms with Crippen LogP contribution in [0.3, 0.4) is 0 Å². The van der Waals surface area contributed by atoms with Crippen molar-refractivity contribution in [2.45, 2.75) is 44.3 Å². The summed E-state index contributed by atoms with van der Waals surface area (Å²) >= 11 is 0. The molecular formula is C18H21F2N3O. The molecule has 3 rings (SSSR count). The molecule has 1 aliphatic rings. The Balaban J connectivity index is 1.66. The first kappa shape index (κ1) is 16.9. The molecule has 128 valence electrons. The highest BCUT2D eigenvalue weighted by molar-refractivity contribution is 5.59. The summed E-state index contributed by atoms with van der Waals surface area (Å²) in [5.74, 6) is -2.88. The van der Waals surface area contributed by atoms with E-state index in [0.717, 1.165) is 31.9 Å². The lowest BCUT2D eigenvalue weighted by Crippen LogP contribution is -2.21. The molecule has 0 spiro atoms. The van der Waals surface area contributed by atoms with E-state index in [1.54, 1.807) is 24.5 Å². The Morgan fingerprint density at radius 1 is 1.29 bits per heavy atom. The van der Waals surface area contributed by atoms with E-state index >= 15 is 0 Å². The molecule has 0 atom stereocenters. The van der Waals surface area contributed by atoms with Crippen LogP contribution in [0.25, 0.3) is 11.3 Å². The van der Waals surface area contributed by atoms with Gasteiger partial charge in [-0.15, -0.1) is 0 Å². The highest BCUT2D eigenvalue weighted by Gasteiger charge is 2.39. The van der Waals surface area contributed by atoms with E-state index in [9.17, 15) is 13.9 Å². The average Bonchev–Trinajstić information content (AvgIpc) is 3.29. The maximum absolute atomic E-state index is 13.5. The van der Waals surface area contributed by atoms with Crippen LogP contribution in [0, 0.1) is 0 Å². The van der Waals surface area contributed by atoms with Crippen molar-refractivity contribution in [3.63, 3.8) is 0 Å². The standard InChI is InChI=1S/C18H21F2N3O/c1-17(19,20)14-4-2-3-13(9-14)16-12-22-11-15(23-16)10-21-8-7-18(24)5-6-18/h2-4,9,11-12,21,24H,5-8,10H2,1H3. The Kier molecular flexibility index (Phi) is 4.60. The molecule has 6 heteroatoms. The lowest BCUT2D eigenvalue weighted by atomic mass is 10.0. The topological polar surface area (TPSA) is 58.0 Å². The lowest BCUT2D eigenvalue weighted by molar-refractivity contribution is 0.0175. The minimum atomic E-state index is -2.88. The zero-order valence-corrected chi connectivity index (χ0v) is 13.6. The summed E-state index contributed by atoms with van der Waals surface area (Å²) in [6.07, 6.45) is 5.71. The van der Waals surface area contributed by atoms with E-state index in [1.165, 1.54) is 12.1 Å². The number of aromatic nitrogens is 2. The van der Waals surface area contributed by atoms with E-state index in [1.807, 2.05) is 0 Å². The fourth-order valence-corrected chi connectivity index (χ4v) is 2.51. The molecule has 2 N–H and O–H groups in total. The molecule has 1 aromatic heterocycles. The van der Waals surface area contributed by atoms with Crippen molar-refractivity contribution in [2.24, 2.45) is 0 Å². The van der Waals surface area contributed by atoms with Gasteiger partial charge in [0.2, 0.25) is 0 Å². The van der Waals surface area contributed by atoms with Crippen LogP contribution in [0.1, 0.15) is 37.4 Å². The van der Waals surface area contributed by atoms with Crippen molar-refractivity contribution in [1.82, 2.24) is 15.3 Å². The molecule has 24 heavy (non-hydrogen) atoms. The summed E-state index contributed by atoms with van der Waals surface area (Å²) in [6.45, 7) is 2.12. The maximum Gasteiger partial charge on any atom is 0.270 e. The van der Waals surface area contributed by atoms with Gasteiger partial charge in [-0.1, -0.05) is 18.2 Å². The summed E-state index contributed by atoms with van der Waals surface area (Å²) in [6, 6.07) is 6.21. The average molecular weight is 333 g/mol. The van der Waals surface area contributed by atoms with Gasteiger partial charge in [0.25, 0.3) is 5.92 Å². The van der Waals surface area contributed by atoms with E-state index < -0.39 is 11.5 Å². The third-order valence-electron chi connectivity index (χ3n) is 4.25. The number of hydrogen-bond acceptors (Lipinski definition) is 4. The third kappa shape index (κ3) is 4.33.